The summed E-state index contributed by atoms with van der Waals surface area (Å²) >= 11 is 0. The molecule has 0 aliphatic heterocycles. The van der Waals surface area contributed by atoms with Crippen molar-refractivity contribution in [2.24, 2.45) is 0 Å². The molecule has 0 saturated carbocycles. The van der Waals surface area contributed by atoms with Gasteiger partial charge in [-0.2, -0.15) is 0 Å². The smallest absolute Gasteiger partial charge is 0.231 e. The molecule has 0 fully saturated rings. The summed E-state index contributed by atoms with van der Waals surface area (Å²) < 4.78 is 5.65. The van der Waals surface area contributed by atoms with Gasteiger partial charge in [-0.3, -0.25) is 9.78 Å². The van der Waals surface area contributed by atoms with E-state index in [4.69, 9.17) is 4.42 Å². The molecule has 0 bridgehead atoms. The van der Waals surface area contributed by atoms with Gasteiger partial charge in [-0.05, 0) is 24.6 Å². The highest BCUT2D eigenvalue weighted by Crippen LogP contribution is 2.33. The van der Waals surface area contributed by atoms with E-state index in [0.717, 1.165) is 19.3 Å². The summed E-state index contributed by atoms with van der Waals surface area (Å²) in [5.41, 5.74) is 2.23. The zero-order valence-electron chi connectivity index (χ0n) is 13.5. The number of oxazole rings is 1. The fourth-order valence-corrected chi connectivity index (χ4v) is 2.44. The molecule has 0 radical (unpaired) electrons. The lowest BCUT2D eigenvalue weighted by Crippen LogP contribution is -2.11. The highest BCUT2D eigenvalue weighted by molar-refractivity contribution is 5.91. The van der Waals surface area contributed by atoms with E-state index in [9.17, 15) is 9.90 Å². The largest absolute Gasteiger partial charge is 0.507 e. The van der Waals surface area contributed by atoms with Crippen LogP contribution >= 0.6 is 0 Å². The number of pyridine rings is 1. The molecule has 1 aromatic carbocycles. The Morgan fingerprint density at radius 3 is 2.96 bits per heavy atom. The minimum Gasteiger partial charge on any atom is -0.507 e. The number of carbonyl (C=O) groups excluding carboxylic acids is 1. The van der Waals surface area contributed by atoms with Gasteiger partial charge in [-0.15, -0.1) is 0 Å². The molecule has 0 saturated heterocycles. The van der Waals surface area contributed by atoms with Crippen LogP contribution in [-0.4, -0.2) is 21.0 Å². The molecular formula is C18H19N3O3. The Morgan fingerprint density at radius 1 is 1.29 bits per heavy atom. The van der Waals surface area contributed by atoms with Crippen molar-refractivity contribution in [3.05, 3.63) is 36.7 Å². The molecule has 0 atom stereocenters. The summed E-state index contributed by atoms with van der Waals surface area (Å²) in [5, 5.41) is 12.9. The van der Waals surface area contributed by atoms with Crippen molar-refractivity contribution in [3.8, 4) is 17.2 Å². The number of phenols is 1. The number of phenolic OH excluding ortho intramolecular Hbond substituents is 1. The second kappa shape index (κ2) is 7.12. The third-order valence-electron chi connectivity index (χ3n) is 3.71. The van der Waals surface area contributed by atoms with Gasteiger partial charge in [0.15, 0.2) is 5.58 Å². The molecule has 1 amide bonds. The molecular weight excluding hydrogens is 306 g/mol. The van der Waals surface area contributed by atoms with Crippen molar-refractivity contribution < 1.29 is 14.3 Å². The maximum atomic E-state index is 11.9. The predicted octanol–water partition coefficient (Wildman–Crippen LogP) is 4.11. The maximum absolute atomic E-state index is 11.9. The lowest BCUT2D eigenvalue weighted by molar-refractivity contribution is -0.116. The van der Waals surface area contributed by atoms with Crippen LogP contribution in [0.5, 0.6) is 5.75 Å². The van der Waals surface area contributed by atoms with E-state index >= 15 is 0 Å². The average Bonchev–Trinajstić information content (AvgIpc) is 3.00. The van der Waals surface area contributed by atoms with Crippen LogP contribution in [0.15, 0.2) is 41.1 Å². The number of benzene rings is 1. The molecule has 6 heteroatoms. The average molecular weight is 325 g/mol. The van der Waals surface area contributed by atoms with Crippen molar-refractivity contribution in [2.45, 2.75) is 32.6 Å². The van der Waals surface area contributed by atoms with Gasteiger partial charge in [0, 0.05) is 24.4 Å². The molecule has 3 aromatic rings. The molecule has 124 valence electrons. The molecule has 24 heavy (non-hydrogen) atoms. The Hall–Kier alpha value is -2.89. The molecule has 2 heterocycles. The first-order chi connectivity index (χ1) is 11.7. The molecule has 0 unspecified atom stereocenters. The lowest BCUT2D eigenvalue weighted by Gasteiger charge is -2.07. The van der Waals surface area contributed by atoms with Crippen molar-refractivity contribution in [2.75, 3.05) is 5.32 Å². The second-order valence-electron chi connectivity index (χ2n) is 5.60. The van der Waals surface area contributed by atoms with Gasteiger partial charge >= 0.3 is 0 Å². The number of anilines is 1. The second-order valence-corrected chi connectivity index (χ2v) is 5.60. The summed E-state index contributed by atoms with van der Waals surface area (Å²) in [6.45, 7) is 2.10. The number of amides is 1. The minimum absolute atomic E-state index is 0.0399. The lowest BCUT2D eigenvalue weighted by atomic mass is 10.1. The standard InChI is InChI=1S/C18H19N3O3/c1-2-3-4-5-17(23)20-12-6-7-15(22)13(10-12)18-21-14-11-19-9-8-16(14)24-18/h6-11,22H,2-5H2,1H3,(H,20,23). The molecule has 0 spiro atoms. The van der Waals surface area contributed by atoms with Gasteiger partial charge in [0.25, 0.3) is 0 Å². The zero-order chi connectivity index (χ0) is 16.9. The van der Waals surface area contributed by atoms with Crippen molar-refractivity contribution in [1.82, 2.24) is 9.97 Å². The van der Waals surface area contributed by atoms with E-state index in [1.165, 1.54) is 6.07 Å². The first kappa shape index (κ1) is 16.0. The van der Waals surface area contributed by atoms with Crippen molar-refractivity contribution >= 4 is 22.7 Å². The van der Waals surface area contributed by atoms with Gasteiger partial charge in [0.2, 0.25) is 11.8 Å². The van der Waals surface area contributed by atoms with Crippen LogP contribution in [-0.2, 0) is 4.79 Å². The first-order valence-electron chi connectivity index (χ1n) is 8.01. The Morgan fingerprint density at radius 2 is 2.17 bits per heavy atom. The van der Waals surface area contributed by atoms with Crippen LogP contribution in [0.2, 0.25) is 0 Å². The SMILES string of the molecule is CCCCCC(=O)Nc1ccc(O)c(-c2nc3cnccc3o2)c1. The normalized spacial score (nSPS) is 10.9. The molecule has 2 N–H and O–H groups in total. The first-order valence-corrected chi connectivity index (χ1v) is 8.01. The summed E-state index contributed by atoms with van der Waals surface area (Å²) in [6, 6.07) is 6.54. The quantitative estimate of drug-likeness (QED) is 0.526. The fraction of sp³-hybridized carbons (Fsp3) is 0.278. The topological polar surface area (TPSA) is 88.2 Å². The maximum Gasteiger partial charge on any atom is 0.231 e. The number of hydrogen-bond donors (Lipinski definition) is 2. The molecule has 6 nitrogen and oxygen atoms in total. The van der Waals surface area contributed by atoms with Crippen LogP contribution in [0, 0.1) is 0 Å². The highest BCUT2D eigenvalue weighted by Gasteiger charge is 2.14. The van der Waals surface area contributed by atoms with E-state index < -0.39 is 0 Å². The monoisotopic (exact) mass is 325 g/mol. The third-order valence-corrected chi connectivity index (χ3v) is 3.71. The van der Waals surface area contributed by atoms with Gasteiger partial charge in [-0.1, -0.05) is 19.8 Å². The van der Waals surface area contributed by atoms with Crippen LogP contribution in [0.3, 0.4) is 0 Å². The zero-order valence-corrected chi connectivity index (χ0v) is 13.5. The number of hydrogen-bond acceptors (Lipinski definition) is 5. The van der Waals surface area contributed by atoms with Crippen LogP contribution in [0.25, 0.3) is 22.6 Å². The number of aromatic hydroxyl groups is 1. The van der Waals surface area contributed by atoms with E-state index in [2.05, 4.69) is 22.2 Å². The number of nitrogens with one attached hydrogen (secondary N) is 1. The van der Waals surface area contributed by atoms with Crippen LogP contribution in [0.4, 0.5) is 5.69 Å². The molecule has 0 aliphatic rings. The number of unbranched alkanes of at least 4 members (excludes halogenated alkanes) is 2. The van der Waals surface area contributed by atoms with Crippen LogP contribution < -0.4 is 5.32 Å². The van der Waals surface area contributed by atoms with Crippen molar-refractivity contribution in [1.29, 1.82) is 0 Å². The minimum atomic E-state index is -0.0399. The summed E-state index contributed by atoms with van der Waals surface area (Å²) in [5.74, 6) is 0.290. The third kappa shape index (κ3) is 3.53. The Labute approximate surface area is 139 Å². The number of rotatable bonds is 6. The number of fused-ring (bicyclic) bond motifs is 1. The number of nitrogens with zero attached hydrogens (tertiary/aromatic N) is 2. The Bertz CT molecular complexity index is 825. The van der Waals surface area contributed by atoms with E-state index in [0.29, 0.717) is 28.8 Å². The number of carbonyl (C=O) groups is 1. The van der Waals surface area contributed by atoms with E-state index in [1.54, 1.807) is 30.6 Å². The summed E-state index contributed by atoms with van der Waals surface area (Å²) in [4.78, 5) is 20.3. The summed E-state index contributed by atoms with van der Waals surface area (Å²) in [6.07, 6.45) is 6.67. The fourth-order valence-electron chi connectivity index (χ4n) is 2.44. The highest BCUT2D eigenvalue weighted by atomic mass is 16.3. The Balaban J connectivity index is 1.82. The van der Waals surface area contributed by atoms with Gasteiger partial charge < -0.3 is 14.8 Å². The van der Waals surface area contributed by atoms with Crippen molar-refractivity contribution in [3.63, 3.8) is 0 Å². The van der Waals surface area contributed by atoms with E-state index in [-0.39, 0.29) is 17.5 Å². The molecule has 3 rings (SSSR count). The summed E-state index contributed by atoms with van der Waals surface area (Å²) in [7, 11) is 0. The Kier molecular flexibility index (Phi) is 4.74. The predicted molar refractivity (Wildman–Crippen MR) is 91.7 cm³/mol. The number of aromatic nitrogens is 2. The van der Waals surface area contributed by atoms with Gasteiger partial charge in [0.1, 0.15) is 11.3 Å². The molecule has 0 aliphatic carbocycles. The molecule has 2 aromatic heterocycles. The van der Waals surface area contributed by atoms with Gasteiger partial charge in [0.05, 0.1) is 11.8 Å². The van der Waals surface area contributed by atoms with Gasteiger partial charge in [-0.25, -0.2) is 4.98 Å². The van der Waals surface area contributed by atoms with E-state index in [1.807, 2.05) is 0 Å². The van der Waals surface area contributed by atoms with Crippen LogP contribution in [0.1, 0.15) is 32.6 Å².